The Kier molecular flexibility index (Phi) is 6.13. The number of hydrogen-bond acceptors (Lipinski definition) is 6. The van der Waals surface area contributed by atoms with E-state index in [4.69, 9.17) is 4.74 Å². The summed E-state index contributed by atoms with van der Waals surface area (Å²) in [5.41, 5.74) is 1.65. The van der Waals surface area contributed by atoms with Crippen LogP contribution >= 0.6 is 0 Å². The van der Waals surface area contributed by atoms with Gasteiger partial charge in [0.1, 0.15) is 0 Å². The first-order valence-corrected chi connectivity index (χ1v) is 9.61. The highest BCUT2D eigenvalue weighted by atomic mass is 19.4. The number of aryl methyl sites for hydroxylation is 2. The lowest BCUT2D eigenvalue weighted by Crippen LogP contribution is -2.50. The minimum atomic E-state index is -4.66. The van der Waals surface area contributed by atoms with Gasteiger partial charge in [0.05, 0.1) is 6.61 Å². The lowest BCUT2D eigenvalue weighted by molar-refractivity contribution is -0.144. The van der Waals surface area contributed by atoms with Crippen LogP contribution in [-0.2, 0) is 22.1 Å². The summed E-state index contributed by atoms with van der Waals surface area (Å²) in [6.07, 6.45) is -4.55. The topological polar surface area (TPSA) is 92.9 Å². The molecule has 0 aliphatic carbocycles. The number of hydrogen-bond donors (Lipinski definition) is 0. The fraction of sp³-hybridized carbons (Fsp3) is 0.611. The quantitative estimate of drug-likeness (QED) is 0.740. The van der Waals surface area contributed by atoms with Crippen molar-refractivity contribution in [3.8, 4) is 0 Å². The molecule has 2 aromatic rings. The second-order valence-electron chi connectivity index (χ2n) is 6.97. The lowest BCUT2D eigenvalue weighted by Gasteiger charge is -2.34. The highest BCUT2D eigenvalue weighted by Crippen LogP contribution is 2.27. The second-order valence-corrected chi connectivity index (χ2v) is 6.97. The molecule has 0 saturated carbocycles. The molecule has 0 N–H and O–H groups in total. The molecular weight excluding hydrogens is 405 g/mol. The number of aromatic nitrogens is 4. The van der Waals surface area contributed by atoms with E-state index in [1.807, 2.05) is 0 Å². The molecule has 1 aliphatic rings. The third-order valence-electron chi connectivity index (χ3n) is 5.05. The average Bonchev–Trinajstić information content (AvgIpc) is 3.12. The van der Waals surface area contributed by atoms with Crippen molar-refractivity contribution >= 4 is 17.8 Å². The van der Waals surface area contributed by atoms with Gasteiger partial charge in [0.25, 0.3) is 11.6 Å². The Morgan fingerprint density at radius 2 is 1.70 bits per heavy atom. The molecule has 164 valence electrons. The van der Waals surface area contributed by atoms with Crippen LogP contribution in [0.5, 0.6) is 0 Å². The standard InChI is InChI=1S/C18H23F3N6O3/c1-4-30-17(29)26-9-7-25(8-10-26)14(28)6-5-13-11(2)22-16-23-15(18(19,20)21)24-27(16)12(13)3/h4-10H2,1-3H3. The van der Waals surface area contributed by atoms with E-state index in [2.05, 4.69) is 15.1 Å². The van der Waals surface area contributed by atoms with Gasteiger partial charge in [0.2, 0.25) is 5.91 Å². The zero-order valence-corrected chi connectivity index (χ0v) is 17.0. The van der Waals surface area contributed by atoms with E-state index in [9.17, 15) is 22.8 Å². The van der Waals surface area contributed by atoms with Crippen molar-refractivity contribution in [3.63, 3.8) is 0 Å². The Labute approximate surface area is 170 Å². The highest BCUT2D eigenvalue weighted by Gasteiger charge is 2.37. The predicted molar refractivity (Wildman–Crippen MR) is 98.8 cm³/mol. The summed E-state index contributed by atoms with van der Waals surface area (Å²) >= 11 is 0. The summed E-state index contributed by atoms with van der Waals surface area (Å²) in [6, 6.07) is 0. The predicted octanol–water partition coefficient (Wildman–Crippen LogP) is 1.99. The molecule has 0 radical (unpaired) electrons. The zero-order valence-electron chi connectivity index (χ0n) is 17.0. The van der Waals surface area contributed by atoms with Crippen molar-refractivity contribution in [2.75, 3.05) is 32.8 Å². The largest absolute Gasteiger partial charge is 0.453 e. The van der Waals surface area contributed by atoms with E-state index < -0.39 is 12.0 Å². The van der Waals surface area contributed by atoms with Crippen LogP contribution in [0.2, 0.25) is 0 Å². The third-order valence-corrected chi connectivity index (χ3v) is 5.05. The second kappa shape index (κ2) is 8.44. The van der Waals surface area contributed by atoms with E-state index >= 15 is 0 Å². The molecule has 2 aromatic heterocycles. The molecule has 1 aliphatic heterocycles. The number of halogens is 3. The van der Waals surface area contributed by atoms with Gasteiger partial charge in [-0.15, -0.1) is 5.10 Å². The van der Waals surface area contributed by atoms with Gasteiger partial charge in [-0.1, -0.05) is 0 Å². The number of carbonyl (C=O) groups excluding carboxylic acids is 2. The molecule has 1 saturated heterocycles. The Morgan fingerprint density at radius 3 is 2.30 bits per heavy atom. The van der Waals surface area contributed by atoms with Gasteiger partial charge in [0.15, 0.2) is 0 Å². The average molecular weight is 428 g/mol. The molecule has 2 amide bonds. The van der Waals surface area contributed by atoms with Gasteiger partial charge in [-0.2, -0.15) is 18.2 Å². The van der Waals surface area contributed by atoms with Gasteiger partial charge in [-0.25, -0.2) is 14.3 Å². The molecule has 0 aromatic carbocycles. The first-order valence-electron chi connectivity index (χ1n) is 9.61. The lowest BCUT2D eigenvalue weighted by atomic mass is 10.1. The number of fused-ring (bicyclic) bond motifs is 1. The molecule has 0 atom stereocenters. The molecule has 0 bridgehead atoms. The monoisotopic (exact) mass is 428 g/mol. The number of rotatable bonds is 4. The van der Waals surface area contributed by atoms with Crippen LogP contribution < -0.4 is 0 Å². The summed E-state index contributed by atoms with van der Waals surface area (Å²) in [5.74, 6) is -1.46. The van der Waals surface area contributed by atoms with E-state index in [1.165, 1.54) is 0 Å². The van der Waals surface area contributed by atoms with E-state index in [1.54, 1.807) is 30.6 Å². The first-order chi connectivity index (χ1) is 14.1. The number of amides is 2. The van der Waals surface area contributed by atoms with Crippen LogP contribution in [-0.4, -0.2) is 74.2 Å². The minimum absolute atomic E-state index is 0.0908. The smallest absolute Gasteiger partial charge is 0.450 e. The van der Waals surface area contributed by atoms with Crippen LogP contribution in [0.4, 0.5) is 18.0 Å². The van der Waals surface area contributed by atoms with Gasteiger partial charge in [-0.05, 0) is 32.8 Å². The highest BCUT2D eigenvalue weighted by molar-refractivity contribution is 5.77. The minimum Gasteiger partial charge on any atom is -0.450 e. The Bertz CT molecular complexity index is 951. The van der Waals surface area contributed by atoms with Crippen LogP contribution in [0, 0.1) is 13.8 Å². The fourth-order valence-electron chi connectivity index (χ4n) is 3.43. The number of piperazine rings is 1. The summed E-state index contributed by atoms with van der Waals surface area (Å²) in [7, 11) is 0. The number of carbonyl (C=O) groups is 2. The maximum atomic E-state index is 12.9. The van der Waals surface area contributed by atoms with E-state index in [0.717, 1.165) is 4.52 Å². The maximum absolute atomic E-state index is 12.9. The van der Waals surface area contributed by atoms with Crippen molar-refractivity contribution in [2.24, 2.45) is 0 Å². The zero-order chi connectivity index (χ0) is 22.1. The molecule has 1 fully saturated rings. The van der Waals surface area contributed by atoms with Crippen LogP contribution in [0.1, 0.15) is 36.1 Å². The summed E-state index contributed by atoms with van der Waals surface area (Å²) in [4.78, 5) is 35.1. The summed E-state index contributed by atoms with van der Waals surface area (Å²) in [6.45, 7) is 6.95. The van der Waals surface area contributed by atoms with Gasteiger partial charge < -0.3 is 14.5 Å². The Morgan fingerprint density at radius 1 is 1.07 bits per heavy atom. The van der Waals surface area contributed by atoms with Crippen molar-refractivity contribution in [1.82, 2.24) is 29.4 Å². The van der Waals surface area contributed by atoms with Crippen molar-refractivity contribution in [1.29, 1.82) is 0 Å². The number of ether oxygens (including phenoxy) is 1. The molecule has 30 heavy (non-hydrogen) atoms. The van der Waals surface area contributed by atoms with Crippen LogP contribution in [0.25, 0.3) is 5.78 Å². The van der Waals surface area contributed by atoms with Crippen molar-refractivity contribution < 1.29 is 27.5 Å². The molecule has 3 rings (SSSR count). The third kappa shape index (κ3) is 4.46. The van der Waals surface area contributed by atoms with E-state index in [-0.39, 0.29) is 24.2 Å². The summed E-state index contributed by atoms with van der Waals surface area (Å²) < 4.78 is 44.7. The Hall–Kier alpha value is -2.92. The SMILES string of the molecule is CCOC(=O)N1CCN(C(=O)CCc2c(C)nc3nc(C(F)(F)F)nn3c2C)CC1. The normalized spacial score (nSPS) is 15.0. The first kappa shape index (κ1) is 21.8. The molecule has 12 heteroatoms. The summed E-state index contributed by atoms with van der Waals surface area (Å²) in [5, 5.41) is 3.52. The van der Waals surface area contributed by atoms with Crippen LogP contribution in [0.15, 0.2) is 0 Å². The molecule has 3 heterocycles. The molecule has 0 spiro atoms. The molecule has 0 unspecified atom stereocenters. The van der Waals surface area contributed by atoms with Gasteiger partial charge in [-0.3, -0.25) is 4.79 Å². The van der Waals surface area contributed by atoms with Gasteiger partial charge >= 0.3 is 12.3 Å². The van der Waals surface area contributed by atoms with Gasteiger partial charge in [0, 0.05) is 44.0 Å². The Balaban J connectivity index is 1.66. The van der Waals surface area contributed by atoms with Crippen molar-refractivity contribution in [3.05, 3.63) is 22.8 Å². The maximum Gasteiger partial charge on any atom is 0.453 e. The number of nitrogens with zero attached hydrogens (tertiary/aromatic N) is 6. The van der Waals surface area contributed by atoms with Crippen molar-refractivity contribution in [2.45, 2.75) is 39.8 Å². The fourth-order valence-corrected chi connectivity index (χ4v) is 3.43. The molecular formula is C18H23F3N6O3. The van der Waals surface area contributed by atoms with Crippen LogP contribution in [0.3, 0.4) is 0 Å². The molecule has 9 nitrogen and oxygen atoms in total. The van der Waals surface area contributed by atoms with E-state index in [0.29, 0.717) is 56.2 Å². The number of alkyl halides is 3.